The van der Waals surface area contributed by atoms with E-state index < -0.39 is 0 Å². The van der Waals surface area contributed by atoms with E-state index in [1.54, 1.807) is 0 Å². The first-order valence-corrected chi connectivity index (χ1v) is 8.23. The smallest absolute Gasteiger partial charge is 0.258 e. The zero-order chi connectivity index (χ0) is 17.2. The maximum atomic E-state index is 12.2. The molecule has 1 amide bonds. The molecule has 3 rings (SSSR count). The number of carbonyl (C=O) groups is 1. The third kappa shape index (κ3) is 3.70. The first-order valence-electron chi connectivity index (χ1n) is 8.23. The van der Waals surface area contributed by atoms with Crippen molar-refractivity contribution in [3.8, 4) is 11.5 Å². The summed E-state index contributed by atoms with van der Waals surface area (Å²) in [5, 5.41) is 2.95. The molecule has 1 N–H and O–H groups in total. The Labute approximate surface area is 142 Å². The number of para-hydroxylation sites is 1. The molecule has 1 heterocycles. The van der Waals surface area contributed by atoms with Gasteiger partial charge in [-0.2, -0.15) is 0 Å². The molecule has 0 bridgehead atoms. The van der Waals surface area contributed by atoms with Crippen molar-refractivity contribution in [1.82, 2.24) is 5.32 Å². The number of rotatable bonds is 5. The number of hydrogen-bond donors (Lipinski definition) is 1. The van der Waals surface area contributed by atoms with Gasteiger partial charge in [0.2, 0.25) is 0 Å². The van der Waals surface area contributed by atoms with E-state index in [2.05, 4.69) is 5.32 Å². The Morgan fingerprint density at radius 2 is 1.96 bits per heavy atom. The van der Waals surface area contributed by atoms with Gasteiger partial charge < -0.3 is 14.8 Å². The molecule has 1 aliphatic heterocycles. The van der Waals surface area contributed by atoms with Crippen LogP contribution in [0.5, 0.6) is 11.5 Å². The molecule has 0 saturated heterocycles. The normalized spacial score (nSPS) is 16.0. The fourth-order valence-electron chi connectivity index (χ4n) is 2.95. The van der Waals surface area contributed by atoms with Crippen molar-refractivity contribution in [3.05, 3.63) is 59.7 Å². The predicted octanol–water partition coefficient (Wildman–Crippen LogP) is 3.66. The molecule has 2 aromatic rings. The van der Waals surface area contributed by atoms with Gasteiger partial charge in [0.1, 0.15) is 5.60 Å². The number of benzene rings is 2. The quantitative estimate of drug-likeness (QED) is 0.913. The van der Waals surface area contributed by atoms with E-state index in [0.29, 0.717) is 5.75 Å². The highest BCUT2D eigenvalue weighted by Crippen LogP contribution is 2.41. The maximum Gasteiger partial charge on any atom is 0.258 e. The molecule has 0 aliphatic carbocycles. The summed E-state index contributed by atoms with van der Waals surface area (Å²) in [7, 11) is 0. The van der Waals surface area contributed by atoms with Crippen LogP contribution in [0, 0.1) is 0 Å². The Kier molecular flexibility index (Phi) is 4.47. The highest BCUT2D eigenvalue weighted by molar-refractivity contribution is 5.78. The highest BCUT2D eigenvalue weighted by Gasteiger charge is 2.32. The lowest BCUT2D eigenvalue weighted by atomic mass is 10.0. The van der Waals surface area contributed by atoms with Crippen molar-refractivity contribution in [2.75, 3.05) is 6.61 Å². The molecule has 0 unspecified atom stereocenters. The van der Waals surface area contributed by atoms with Crippen LogP contribution < -0.4 is 14.8 Å². The lowest BCUT2D eigenvalue weighted by molar-refractivity contribution is -0.123. The Bertz CT molecular complexity index is 725. The molecule has 0 spiro atoms. The third-order valence-electron chi connectivity index (χ3n) is 4.09. The summed E-state index contributed by atoms with van der Waals surface area (Å²) in [5.41, 5.74) is 1.96. The molecule has 126 valence electrons. The fourth-order valence-corrected chi connectivity index (χ4v) is 2.95. The van der Waals surface area contributed by atoms with E-state index in [0.717, 1.165) is 23.3 Å². The molecule has 0 saturated carbocycles. The Morgan fingerprint density at radius 1 is 1.21 bits per heavy atom. The van der Waals surface area contributed by atoms with Crippen molar-refractivity contribution in [2.24, 2.45) is 0 Å². The minimum atomic E-state index is -0.230. The van der Waals surface area contributed by atoms with Gasteiger partial charge in [-0.25, -0.2) is 0 Å². The highest BCUT2D eigenvalue weighted by atomic mass is 16.5. The third-order valence-corrected chi connectivity index (χ3v) is 4.09. The number of amides is 1. The molecule has 24 heavy (non-hydrogen) atoms. The van der Waals surface area contributed by atoms with Crippen LogP contribution in [-0.2, 0) is 11.2 Å². The van der Waals surface area contributed by atoms with Gasteiger partial charge in [-0.15, -0.1) is 0 Å². The number of carbonyl (C=O) groups excluding carboxylic acids is 1. The predicted molar refractivity (Wildman–Crippen MR) is 93.3 cm³/mol. The summed E-state index contributed by atoms with van der Waals surface area (Å²) < 4.78 is 11.7. The molecular formula is C20H23NO3. The largest absolute Gasteiger partial charge is 0.483 e. The van der Waals surface area contributed by atoms with Gasteiger partial charge >= 0.3 is 0 Å². The topological polar surface area (TPSA) is 47.6 Å². The molecule has 4 heteroatoms. The molecule has 0 aromatic heterocycles. The standard InChI is InChI=1S/C20H23NO3/c1-14(15-8-5-4-6-9-15)21-18(22)13-23-17-11-7-10-16-12-20(2,3)24-19(16)17/h4-11,14H,12-13H2,1-3H3,(H,21,22)/t14-/m0/s1. The molecule has 1 atom stereocenters. The average molecular weight is 325 g/mol. The molecule has 2 aromatic carbocycles. The summed E-state index contributed by atoms with van der Waals surface area (Å²) in [4.78, 5) is 12.2. The minimum absolute atomic E-state index is 0.0303. The Morgan fingerprint density at radius 3 is 2.71 bits per heavy atom. The van der Waals surface area contributed by atoms with E-state index in [1.807, 2.05) is 69.3 Å². The van der Waals surface area contributed by atoms with Crippen molar-refractivity contribution in [1.29, 1.82) is 0 Å². The zero-order valence-electron chi connectivity index (χ0n) is 14.3. The van der Waals surface area contributed by atoms with Gasteiger partial charge in [0.15, 0.2) is 18.1 Å². The van der Waals surface area contributed by atoms with Crippen LogP contribution in [0.15, 0.2) is 48.5 Å². The van der Waals surface area contributed by atoms with Crippen LogP contribution in [-0.4, -0.2) is 18.1 Å². The maximum absolute atomic E-state index is 12.2. The monoisotopic (exact) mass is 325 g/mol. The van der Waals surface area contributed by atoms with Crippen LogP contribution in [0.3, 0.4) is 0 Å². The molecule has 4 nitrogen and oxygen atoms in total. The van der Waals surface area contributed by atoms with E-state index in [-0.39, 0.29) is 24.2 Å². The van der Waals surface area contributed by atoms with Gasteiger partial charge in [0.25, 0.3) is 5.91 Å². The molecular weight excluding hydrogens is 302 g/mol. The first kappa shape index (κ1) is 16.4. The fraction of sp³-hybridized carbons (Fsp3) is 0.350. The SMILES string of the molecule is C[C@H](NC(=O)COc1cccc2c1OC(C)(C)C2)c1ccccc1. The summed E-state index contributed by atoms with van der Waals surface area (Å²) in [5.74, 6) is 1.23. The van der Waals surface area contributed by atoms with Gasteiger partial charge in [0, 0.05) is 12.0 Å². The van der Waals surface area contributed by atoms with Crippen molar-refractivity contribution >= 4 is 5.91 Å². The van der Waals surface area contributed by atoms with Gasteiger partial charge in [0.05, 0.1) is 6.04 Å². The average Bonchev–Trinajstić information content (AvgIpc) is 2.88. The second-order valence-corrected chi connectivity index (χ2v) is 6.77. The van der Waals surface area contributed by atoms with Crippen molar-refractivity contribution in [3.63, 3.8) is 0 Å². The molecule has 0 radical (unpaired) electrons. The number of ether oxygens (including phenoxy) is 2. The molecule has 0 fully saturated rings. The summed E-state index contributed by atoms with van der Waals surface area (Å²) >= 11 is 0. The first-order chi connectivity index (χ1) is 11.4. The number of hydrogen-bond acceptors (Lipinski definition) is 3. The second-order valence-electron chi connectivity index (χ2n) is 6.77. The lowest BCUT2D eigenvalue weighted by Gasteiger charge is -2.18. The van der Waals surface area contributed by atoms with E-state index in [9.17, 15) is 4.79 Å². The Balaban J connectivity index is 1.59. The lowest BCUT2D eigenvalue weighted by Crippen LogP contribution is -2.31. The van der Waals surface area contributed by atoms with Crippen LogP contribution in [0.25, 0.3) is 0 Å². The van der Waals surface area contributed by atoms with Crippen molar-refractivity contribution < 1.29 is 14.3 Å². The second kappa shape index (κ2) is 6.56. The summed E-state index contributed by atoms with van der Waals surface area (Å²) in [6.45, 7) is 6.02. The number of nitrogens with one attached hydrogen (secondary N) is 1. The number of fused-ring (bicyclic) bond motifs is 1. The summed E-state index contributed by atoms with van der Waals surface area (Å²) in [6, 6.07) is 15.6. The van der Waals surface area contributed by atoms with E-state index >= 15 is 0 Å². The van der Waals surface area contributed by atoms with Gasteiger partial charge in [-0.3, -0.25) is 4.79 Å². The molecule has 1 aliphatic rings. The van der Waals surface area contributed by atoms with E-state index in [1.165, 1.54) is 0 Å². The van der Waals surface area contributed by atoms with Crippen molar-refractivity contribution in [2.45, 2.75) is 38.8 Å². The minimum Gasteiger partial charge on any atom is -0.483 e. The van der Waals surface area contributed by atoms with Gasteiger partial charge in [-0.1, -0.05) is 42.5 Å². The van der Waals surface area contributed by atoms with Crippen LogP contribution in [0.2, 0.25) is 0 Å². The van der Waals surface area contributed by atoms with Crippen LogP contribution in [0.1, 0.15) is 37.9 Å². The zero-order valence-corrected chi connectivity index (χ0v) is 14.3. The van der Waals surface area contributed by atoms with E-state index in [4.69, 9.17) is 9.47 Å². The summed E-state index contributed by atoms with van der Waals surface area (Å²) in [6.07, 6.45) is 0.844. The van der Waals surface area contributed by atoms with Crippen LogP contribution >= 0.6 is 0 Å². The van der Waals surface area contributed by atoms with Crippen LogP contribution in [0.4, 0.5) is 0 Å². The Hall–Kier alpha value is -2.49. The van der Waals surface area contributed by atoms with Gasteiger partial charge in [-0.05, 0) is 32.4 Å².